The number of guanidine groups is 1. The fourth-order valence-corrected chi connectivity index (χ4v) is 2.28. The molecule has 3 rings (SSSR count). The first kappa shape index (κ1) is 15.7. The second kappa shape index (κ2) is 7.41. The van der Waals surface area contributed by atoms with Gasteiger partial charge in [-0.25, -0.2) is 15.0 Å². The van der Waals surface area contributed by atoms with Crippen molar-refractivity contribution in [1.82, 2.24) is 14.5 Å². The van der Waals surface area contributed by atoms with Crippen LogP contribution >= 0.6 is 0 Å². The molecule has 0 amide bonds. The summed E-state index contributed by atoms with van der Waals surface area (Å²) in [6.07, 6.45) is 8.06. The zero-order chi connectivity index (χ0) is 16.8. The van der Waals surface area contributed by atoms with Crippen LogP contribution < -0.4 is 11.1 Å². The predicted molar refractivity (Wildman–Crippen MR) is 96.1 cm³/mol. The largest absolute Gasteiger partial charge is 0.370 e. The van der Waals surface area contributed by atoms with E-state index in [9.17, 15) is 0 Å². The van der Waals surface area contributed by atoms with Gasteiger partial charge in [0.05, 0.1) is 6.54 Å². The molecule has 2 aromatic heterocycles. The van der Waals surface area contributed by atoms with Gasteiger partial charge in [0.1, 0.15) is 12.1 Å². The number of nitrogens with one attached hydrogen (secondary N) is 1. The van der Waals surface area contributed by atoms with E-state index in [0.717, 1.165) is 23.5 Å². The highest BCUT2D eigenvalue weighted by atomic mass is 15.1. The summed E-state index contributed by atoms with van der Waals surface area (Å²) >= 11 is 0. The van der Waals surface area contributed by atoms with Crippen molar-refractivity contribution in [1.29, 1.82) is 0 Å². The quantitative estimate of drug-likeness (QED) is 0.559. The van der Waals surface area contributed by atoms with E-state index in [0.29, 0.717) is 12.5 Å². The van der Waals surface area contributed by atoms with Crippen molar-refractivity contribution in [3.05, 3.63) is 72.4 Å². The molecule has 3 N–H and O–H groups in total. The van der Waals surface area contributed by atoms with Crippen LogP contribution in [-0.2, 0) is 13.0 Å². The van der Waals surface area contributed by atoms with E-state index in [1.165, 1.54) is 5.56 Å². The van der Waals surface area contributed by atoms with E-state index in [1.807, 2.05) is 35.0 Å². The Labute approximate surface area is 141 Å². The Morgan fingerprint density at radius 2 is 2.00 bits per heavy atom. The normalized spacial score (nSPS) is 11.5. The standard InChI is InChI=1S/C18H20N6/c1-2-14-3-5-16(6-4-14)23-18(19)22-12-15-7-8-21-17(11-15)24-10-9-20-13-24/h3-11,13H,2,12H2,1H3,(H3,19,22,23). The molecule has 0 saturated carbocycles. The van der Waals surface area contributed by atoms with Crippen molar-refractivity contribution < 1.29 is 0 Å². The van der Waals surface area contributed by atoms with E-state index in [-0.39, 0.29) is 0 Å². The van der Waals surface area contributed by atoms with Gasteiger partial charge in [0.15, 0.2) is 5.96 Å². The minimum Gasteiger partial charge on any atom is -0.370 e. The second-order valence-electron chi connectivity index (χ2n) is 5.37. The highest BCUT2D eigenvalue weighted by Gasteiger charge is 2.00. The topological polar surface area (TPSA) is 81.1 Å². The second-order valence-corrected chi connectivity index (χ2v) is 5.37. The van der Waals surface area contributed by atoms with Crippen LogP contribution in [0.15, 0.2) is 66.3 Å². The molecule has 0 bridgehead atoms. The molecule has 122 valence electrons. The Hall–Kier alpha value is -3.15. The Bertz CT molecular complexity index is 806. The number of benzene rings is 1. The lowest BCUT2D eigenvalue weighted by Crippen LogP contribution is -2.22. The molecule has 0 fully saturated rings. The Morgan fingerprint density at radius 3 is 2.71 bits per heavy atom. The van der Waals surface area contributed by atoms with Crippen LogP contribution in [0.2, 0.25) is 0 Å². The van der Waals surface area contributed by atoms with Gasteiger partial charge in [0.2, 0.25) is 0 Å². The first-order valence-corrected chi connectivity index (χ1v) is 7.83. The van der Waals surface area contributed by atoms with Crippen molar-refractivity contribution >= 4 is 11.6 Å². The number of nitrogens with zero attached hydrogens (tertiary/aromatic N) is 4. The third kappa shape index (κ3) is 3.98. The molecule has 0 unspecified atom stereocenters. The average Bonchev–Trinajstić information content (AvgIpc) is 3.16. The average molecular weight is 320 g/mol. The third-order valence-electron chi connectivity index (χ3n) is 3.65. The van der Waals surface area contributed by atoms with Gasteiger partial charge in [0.25, 0.3) is 0 Å². The molecule has 6 nitrogen and oxygen atoms in total. The molecule has 0 atom stereocenters. The van der Waals surface area contributed by atoms with Crippen LogP contribution in [0.25, 0.3) is 5.82 Å². The van der Waals surface area contributed by atoms with Crippen LogP contribution in [0.1, 0.15) is 18.1 Å². The van der Waals surface area contributed by atoms with E-state index in [4.69, 9.17) is 5.73 Å². The number of rotatable bonds is 5. The summed E-state index contributed by atoms with van der Waals surface area (Å²) < 4.78 is 1.85. The third-order valence-corrected chi connectivity index (χ3v) is 3.65. The molecule has 0 spiro atoms. The summed E-state index contributed by atoms with van der Waals surface area (Å²) in [4.78, 5) is 12.7. The number of nitrogens with two attached hydrogens (primary N) is 1. The number of pyridine rings is 1. The highest BCUT2D eigenvalue weighted by Crippen LogP contribution is 2.10. The smallest absolute Gasteiger partial charge is 0.193 e. The Morgan fingerprint density at radius 1 is 1.17 bits per heavy atom. The fourth-order valence-electron chi connectivity index (χ4n) is 2.28. The lowest BCUT2D eigenvalue weighted by atomic mass is 10.1. The summed E-state index contributed by atoms with van der Waals surface area (Å²) in [5.41, 5.74) is 9.22. The van der Waals surface area contributed by atoms with Gasteiger partial charge in [-0.2, -0.15) is 0 Å². The molecule has 1 aromatic carbocycles. The molecule has 24 heavy (non-hydrogen) atoms. The maximum atomic E-state index is 5.96. The van der Waals surface area contributed by atoms with Crippen LogP contribution in [0.3, 0.4) is 0 Å². The van der Waals surface area contributed by atoms with E-state index in [1.54, 1.807) is 18.7 Å². The van der Waals surface area contributed by atoms with Gasteiger partial charge in [-0.3, -0.25) is 4.57 Å². The maximum absolute atomic E-state index is 5.96. The van der Waals surface area contributed by atoms with Gasteiger partial charge >= 0.3 is 0 Å². The summed E-state index contributed by atoms with van der Waals surface area (Å²) in [6, 6.07) is 12.1. The van der Waals surface area contributed by atoms with Crippen molar-refractivity contribution in [2.45, 2.75) is 19.9 Å². The number of anilines is 1. The number of hydrogen-bond acceptors (Lipinski definition) is 3. The highest BCUT2D eigenvalue weighted by molar-refractivity contribution is 5.92. The number of hydrogen-bond donors (Lipinski definition) is 2. The molecule has 0 aliphatic carbocycles. The number of aromatic nitrogens is 3. The van der Waals surface area contributed by atoms with E-state index < -0.39 is 0 Å². The lowest BCUT2D eigenvalue weighted by Gasteiger charge is -2.07. The fraction of sp³-hybridized carbons (Fsp3) is 0.167. The molecular formula is C18H20N6. The number of aliphatic imine (C=N–C) groups is 1. The maximum Gasteiger partial charge on any atom is 0.193 e. The van der Waals surface area contributed by atoms with Crippen molar-refractivity contribution in [3.8, 4) is 5.82 Å². The van der Waals surface area contributed by atoms with Gasteiger partial charge in [0, 0.05) is 24.3 Å². The summed E-state index contributed by atoms with van der Waals surface area (Å²) in [5, 5.41) is 3.10. The van der Waals surface area contributed by atoms with E-state index >= 15 is 0 Å². The summed E-state index contributed by atoms with van der Waals surface area (Å²) in [6.45, 7) is 2.61. The van der Waals surface area contributed by atoms with Crippen molar-refractivity contribution in [2.24, 2.45) is 10.7 Å². The summed E-state index contributed by atoms with van der Waals surface area (Å²) in [7, 11) is 0. The monoisotopic (exact) mass is 320 g/mol. The van der Waals surface area contributed by atoms with E-state index in [2.05, 4.69) is 39.3 Å². The molecule has 0 saturated heterocycles. The SMILES string of the molecule is CCc1ccc(NC(N)=NCc2ccnc(-n3ccnc3)c2)cc1. The number of imidazole rings is 1. The number of aryl methyl sites for hydroxylation is 1. The Kier molecular flexibility index (Phi) is 4.86. The molecule has 3 aromatic rings. The van der Waals surface area contributed by atoms with Gasteiger partial charge < -0.3 is 11.1 Å². The zero-order valence-electron chi connectivity index (χ0n) is 13.6. The van der Waals surface area contributed by atoms with Crippen molar-refractivity contribution in [3.63, 3.8) is 0 Å². The molecule has 0 aliphatic rings. The van der Waals surface area contributed by atoms with Crippen LogP contribution in [-0.4, -0.2) is 20.5 Å². The molecule has 0 radical (unpaired) electrons. The molecule has 6 heteroatoms. The minimum atomic E-state index is 0.389. The van der Waals surface area contributed by atoms with Crippen LogP contribution in [0.5, 0.6) is 0 Å². The first-order valence-electron chi connectivity index (χ1n) is 7.83. The first-order chi connectivity index (χ1) is 11.7. The van der Waals surface area contributed by atoms with Crippen molar-refractivity contribution in [2.75, 3.05) is 5.32 Å². The van der Waals surface area contributed by atoms with Crippen LogP contribution in [0, 0.1) is 0 Å². The Balaban J connectivity index is 1.65. The van der Waals surface area contributed by atoms with Gasteiger partial charge in [-0.15, -0.1) is 0 Å². The molecular weight excluding hydrogens is 300 g/mol. The van der Waals surface area contributed by atoms with Gasteiger partial charge in [-0.05, 0) is 41.8 Å². The minimum absolute atomic E-state index is 0.389. The lowest BCUT2D eigenvalue weighted by molar-refractivity contribution is 0.968. The predicted octanol–water partition coefficient (Wildman–Crippen LogP) is 2.76. The molecule has 2 heterocycles. The molecule has 0 aliphatic heterocycles. The van der Waals surface area contributed by atoms with Crippen LogP contribution in [0.4, 0.5) is 5.69 Å². The van der Waals surface area contributed by atoms with Gasteiger partial charge in [-0.1, -0.05) is 19.1 Å². The zero-order valence-corrected chi connectivity index (χ0v) is 13.6. The summed E-state index contributed by atoms with van der Waals surface area (Å²) in [5.74, 6) is 1.20.